The van der Waals surface area contributed by atoms with Crippen LogP contribution in [0.15, 0.2) is 0 Å². The Balaban J connectivity index is 2.14. The van der Waals surface area contributed by atoms with Crippen molar-refractivity contribution in [2.45, 2.75) is 52.2 Å². The molecule has 0 aromatic carbocycles. The molecule has 1 unspecified atom stereocenters. The normalized spacial score (nSPS) is 22.8. The summed E-state index contributed by atoms with van der Waals surface area (Å²) in [5.41, 5.74) is 6.33. The van der Waals surface area contributed by atoms with E-state index in [4.69, 9.17) is 10.5 Å². The van der Waals surface area contributed by atoms with Crippen molar-refractivity contribution in [3.63, 3.8) is 0 Å². The fourth-order valence-corrected chi connectivity index (χ4v) is 1.59. The van der Waals surface area contributed by atoms with Gasteiger partial charge in [-0.2, -0.15) is 0 Å². The fraction of sp³-hybridized carbons (Fsp3) is 1.00. The quantitative estimate of drug-likeness (QED) is 0.686. The zero-order valence-electron chi connectivity index (χ0n) is 8.47. The van der Waals surface area contributed by atoms with Gasteiger partial charge in [0.15, 0.2) is 0 Å². The van der Waals surface area contributed by atoms with Crippen molar-refractivity contribution in [2.75, 3.05) is 6.61 Å². The van der Waals surface area contributed by atoms with Gasteiger partial charge in [-0.3, -0.25) is 0 Å². The molecule has 1 saturated carbocycles. The van der Waals surface area contributed by atoms with Crippen LogP contribution in [0.4, 0.5) is 0 Å². The molecule has 1 aliphatic carbocycles. The molecule has 1 rings (SSSR count). The van der Waals surface area contributed by atoms with Gasteiger partial charge in [0.1, 0.15) is 0 Å². The Morgan fingerprint density at radius 1 is 1.33 bits per heavy atom. The number of hydrogen-bond acceptors (Lipinski definition) is 2. The van der Waals surface area contributed by atoms with Crippen LogP contribution in [0.1, 0.15) is 40.0 Å². The first-order valence-electron chi connectivity index (χ1n) is 4.94. The van der Waals surface area contributed by atoms with Crippen molar-refractivity contribution in [3.8, 4) is 0 Å². The molecule has 2 nitrogen and oxygen atoms in total. The molecule has 0 heterocycles. The second-order valence-electron chi connectivity index (χ2n) is 4.32. The first-order chi connectivity index (χ1) is 5.57. The van der Waals surface area contributed by atoms with Gasteiger partial charge < -0.3 is 10.5 Å². The average Bonchev–Trinajstić information content (AvgIpc) is 2.68. The van der Waals surface area contributed by atoms with Gasteiger partial charge in [0.05, 0.1) is 6.10 Å². The van der Waals surface area contributed by atoms with Crippen LogP contribution >= 0.6 is 0 Å². The van der Waals surface area contributed by atoms with E-state index in [1.807, 2.05) is 0 Å². The molecule has 1 fully saturated rings. The Hall–Kier alpha value is -0.0800. The van der Waals surface area contributed by atoms with Crippen LogP contribution in [-0.2, 0) is 4.74 Å². The third-order valence-electron chi connectivity index (χ3n) is 2.91. The molecule has 12 heavy (non-hydrogen) atoms. The third-order valence-corrected chi connectivity index (χ3v) is 2.91. The summed E-state index contributed by atoms with van der Waals surface area (Å²) in [6.45, 7) is 7.14. The minimum atomic E-state index is 0.341. The number of nitrogens with two attached hydrogens (primary N) is 1. The van der Waals surface area contributed by atoms with Crippen molar-refractivity contribution in [1.82, 2.24) is 0 Å². The zero-order chi connectivity index (χ0) is 9.19. The summed E-state index contributed by atoms with van der Waals surface area (Å²) in [5, 5.41) is 0. The Bertz CT molecular complexity index is 139. The van der Waals surface area contributed by atoms with E-state index >= 15 is 0 Å². The summed E-state index contributed by atoms with van der Waals surface area (Å²) < 4.78 is 5.51. The molecule has 2 heteroatoms. The summed E-state index contributed by atoms with van der Waals surface area (Å²) in [4.78, 5) is 0. The van der Waals surface area contributed by atoms with E-state index in [0.29, 0.717) is 17.6 Å². The summed E-state index contributed by atoms with van der Waals surface area (Å²) in [6, 6.07) is 0.341. The van der Waals surface area contributed by atoms with Gasteiger partial charge in [-0.25, -0.2) is 0 Å². The highest BCUT2D eigenvalue weighted by Crippen LogP contribution is 2.50. The lowest BCUT2D eigenvalue weighted by molar-refractivity contribution is 0.0636. The standard InChI is InChI=1S/C10H21NO/c1-8(2)12-7-6-10(4-5-10)9(3)11/h8-9H,4-7,11H2,1-3H3. The first-order valence-corrected chi connectivity index (χ1v) is 4.94. The Kier molecular flexibility index (Phi) is 3.13. The summed E-state index contributed by atoms with van der Waals surface area (Å²) >= 11 is 0. The van der Waals surface area contributed by atoms with Gasteiger partial charge in [-0.05, 0) is 45.4 Å². The van der Waals surface area contributed by atoms with E-state index < -0.39 is 0 Å². The molecule has 0 aliphatic heterocycles. The lowest BCUT2D eigenvalue weighted by atomic mass is 9.95. The average molecular weight is 171 g/mol. The maximum Gasteiger partial charge on any atom is 0.0518 e. The molecule has 0 amide bonds. The molecule has 0 spiro atoms. The fourth-order valence-electron chi connectivity index (χ4n) is 1.59. The van der Waals surface area contributed by atoms with Gasteiger partial charge in [0.25, 0.3) is 0 Å². The van der Waals surface area contributed by atoms with Crippen LogP contribution in [-0.4, -0.2) is 18.8 Å². The smallest absolute Gasteiger partial charge is 0.0518 e. The van der Waals surface area contributed by atoms with Crippen molar-refractivity contribution in [1.29, 1.82) is 0 Å². The molecule has 0 radical (unpaired) electrons. The van der Waals surface area contributed by atoms with Crippen LogP contribution < -0.4 is 5.73 Å². The number of hydrogen-bond donors (Lipinski definition) is 1. The second kappa shape index (κ2) is 3.75. The minimum Gasteiger partial charge on any atom is -0.379 e. The lowest BCUT2D eigenvalue weighted by Gasteiger charge is -2.19. The van der Waals surface area contributed by atoms with E-state index in [9.17, 15) is 0 Å². The molecule has 1 aliphatic rings. The van der Waals surface area contributed by atoms with Crippen LogP contribution in [0.3, 0.4) is 0 Å². The predicted molar refractivity (Wildman–Crippen MR) is 51.0 cm³/mol. The van der Waals surface area contributed by atoms with E-state index in [1.54, 1.807) is 0 Å². The molecule has 2 N–H and O–H groups in total. The highest BCUT2D eigenvalue weighted by atomic mass is 16.5. The first kappa shape index (κ1) is 10.0. The second-order valence-corrected chi connectivity index (χ2v) is 4.32. The molecule has 0 saturated heterocycles. The maximum absolute atomic E-state index is 5.89. The van der Waals surface area contributed by atoms with Gasteiger partial charge in [-0.1, -0.05) is 0 Å². The summed E-state index contributed by atoms with van der Waals surface area (Å²) in [7, 11) is 0. The highest BCUT2D eigenvalue weighted by molar-refractivity contribution is 4.98. The number of ether oxygens (including phenoxy) is 1. The van der Waals surface area contributed by atoms with Crippen molar-refractivity contribution >= 4 is 0 Å². The monoisotopic (exact) mass is 171 g/mol. The minimum absolute atomic E-state index is 0.341. The predicted octanol–water partition coefficient (Wildman–Crippen LogP) is 1.93. The number of rotatable bonds is 5. The van der Waals surface area contributed by atoms with Crippen molar-refractivity contribution in [3.05, 3.63) is 0 Å². The van der Waals surface area contributed by atoms with E-state index in [2.05, 4.69) is 20.8 Å². The van der Waals surface area contributed by atoms with E-state index in [1.165, 1.54) is 12.8 Å². The van der Waals surface area contributed by atoms with Gasteiger partial charge in [0, 0.05) is 12.6 Å². The molecule has 0 bridgehead atoms. The van der Waals surface area contributed by atoms with Crippen LogP contribution in [0, 0.1) is 5.41 Å². The lowest BCUT2D eigenvalue weighted by Crippen LogP contribution is -2.29. The summed E-state index contributed by atoms with van der Waals surface area (Å²) in [6.07, 6.45) is 4.09. The van der Waals surface area contributed by atoms with Crippen LogP contribution in [0.5, 0.6) is 0 Å². The highest BCUT2D eigenvalue weighted by Gasteiger charge is 2.45. The Morgan fingerprint density at radius 2 is 1.92 bits per heavy atom. The maximum atomic E-state index is 5.89. The molecule has 72 valence electrons. The SMILES string of the molecule is CC(C)OCCC1(C(C)N)CC1. The van der Waals surface area contributed by atoms with Gasteiger partial charge >= 0.3 is 0 Å². The summed E-state index contributed by atoms with van der Waals surface area (Å²) in [5.74, 6) is 0. The zero-order valence-corrected chi connectivity index (χ0v) is 8.47. The van der Waals surface area contributed by atoms with Gasteiger partial charge in [-0.15, -0.1) is 0 Å². The van der Waals surface area contributed by atoms with Crippen molar-refractivity contribution < 1.29 is 4.74 Å². The van der Waals surface area contributed by atoms with Crippen molar-refractivity contribution in [2.24, 2.45) is 11.1 Å². The van der Waals surface area contributed by atoms with Gasteiger partial charge in [0.2, 0.25) is 0 Å². The van der Waals surface area contributed by atoms with E-state index in [-0.39, 0.29) is 0 Å². The Morgan fingerprint density at radius 3 is 2.25 bits per heavy atom. The van der Waals surface area contributed by atoms with Crippen LogP contribution in [0.25, 0.3) is 0 Å². The largest absolute Gasteiger partial charge is 0.379 e. The van der Waals surface area contributed by atoms with E-state index in [0.717, 1.165) is 13.0 Å². The molecule has 0 aromatic heterocycles. The molecular formula is C10H21NO. The molecule has 0 aromatic rings. The molecule has 1 atom stereocenters. The Labute approximate surface area is 75.5 Å². The molecular weight excluding hydrogens is 150 g/mol. The van der Waals surface area contributed by atoms with Crippen LogP contribution in [0.2, 0.25) is 0 Å². The third kappa shape index (κ3) is 2.46. The topological polar surface area (TPSA) is 35.2 Å².